The molecule has 1 saturated carbocycles. The van der Waals surface area contributed by atoms with Crippen LogP contribution in [-0.2, 0) is 7.05 Å². The Morgan fingerprint density at radius 3 is 2.75 bits per heavy atom. The van der Waals surface area contributed by atoms with Gasteiger partial charge in [-0.1, -0.05) is 37.3 Å². The fraction of sp³-hybridized carbons (Fsp3) is 0.471. The molecule has 20 heavy (non-hydrogen) atoms. The van der Waals surface area contributed by atoms with Gasteiger partial charge in [0.05, 0.1) is 11.7 Å². The molecule has 2 aromatic rings. The van der Waals surface area contributed by atoms with Gasteiger partial charge in [-0.15, -0.1) is 0 Å². The number of hydrogen-bond donors (Lipinski definition) is 1. The lowest BCUT2D eigenvalue weighted by Crippen LogP contribution is -2.25. The highest BCUT2D eigenvalue weighted by Crippen LogP contribution is 2.53. The number of nitrogens with one attached hydrogen (secondary N) is 1. The normalized spacial score (nSPS) is 22.7. The molecule has 106 valence electrons. The van der Waals surface area contributed by atoms with Crippen molar-refractivity contribution in [2.45, 2.75) is 31.7 Å². The van der Waals surface area contributed by atoms with Crippen LogP contribution in [-0.4, -0.2) is 16.3 Å². The molecule has 1 aromatic heterocycles. The third-order valence-corrected chi connectivity index (χ3v) is 4.16. The number of aryl methyl sites for hydroxylation is 1. The van der Waals surface area contributed by atoms with Crippen LogP contribution in [0.25, 0.3) is 0 Å². The van der Waals surface area contributed by atoms with Crippen molar-refractivity contribution < 1.29 is 0 Å². The molecule has 0 spiro atoms. The number of nitrogens with zero attached hydrogens (tertiary/aromatic N) is 2. The number of rotatable bonds is 6. The fourth-order valence-corrected chi connectivity index (χ4v) is 3.04. The molecule has 3 heteroatoms. The van der Waals surface area contributed by atoms with Crippen LogP contribution in [0.15, 0.2) is 42.6 Å². The average Bonchev–Trinajstić information content (AvgIpc) is 3.15. The summed E-state index contributed by atoms with van der Waals surface area (Å²) in [5.41, 5.74) is 2.65. The highest BCUT2D eigenvalue weighted by Gasteiger charge is 2.44. The Bertz CT molecular complexity index is 546. The largest absolute Gasteiger partial charge is 0.308 e. The minimum Gasteiger partial charge on any atom is -0.308 e. The molecule has 3 rings (SSSR count). The summed E-state index contributed by atoms with van der Waals surface area (Å²) < 4.78 is 1.90. The number of hydrogen-bond acceptors (Lipinski definition) is 2. The predicted molar refractivity (Wildman–Crippen MR) is 81.5 cm³/mol. The van der Waals surface area contributed by atoms with Crippen molar-refractivity contribution in [3.8, 4) is 0 Å². The summed E-state index contributed by atoms with van der Waals surface area (Å²) in [4.78, 5) is 0. The molecular weight excluding hydrogens is 246 g/mol. The Morgan fingerprint density at radius 1 is 1.30 bits per heavy atom. The van der Waals surface area contributed by atoms with Crippen molar-refractivity contribution in [1.29, 1.82) is 0 Å². The van der Waals surface area contributed by atoms with Crippen molar-refractivity contribution in [3.05, 3.63) is 53.9 Å². The molecule has 1 aliphatic rings. The highest BCUT2D eigenvalue weighted by molar-refractivity contribution is 5.28. The van der Waals surface area contributed by atoms with Crippen molar-refractivity contribution in [1.82, 2.24) is 15.1 Å². The summed E-state index contributed by atoms with van der Waals surface area (Å²) in [6, 6.07) is 13.4. The van der Waals surface area contributed by atoms with Crippen LogP contribution in [0, 0.1) is 5.92 Å². The molecule has 3 unspecified atom stereocenters. The lowest BCUT2D eigenvalue weighted by molar-refractivity contribution is 0.458. The van der Waals surface area contributed by atoms with Gasteiger partial charge >= 0.3 is 0 Å². The third-order valence-electron chi connectivity index (χ3n) is 4.16. The molecule has 0 aliphatic heterocycles. The summed E-state index contributed by atoms with van der Waals surface area (Å²) in [5, 5.41) is 8.29. The molecular formula is C17H23N3. The first-order valence-corrected chi connectivity index (χ1v) is 7.57. The first-order valence-electron chi connectivity index (χ1n) is 7.57. The van der Waals surface area contributed by atoms with E-state index in [1.54, 1.807) is 0 Å². The van der Waals surface area contributed by atoms with Crippen molar-refractivity contribution in [2.75, 3.05) is 6.54 Å². The van der Waals surface area contributed by atoms with E-state index in [9.17, 15) is 0 Å². The van der Waals surface area contributed by atoms with Crippen molar-refractivity contribution >= 4 is 0 Å². The molecule has 0 saturated heterocycles. The molecule has 1 aromatic carbocycles. The highest BCUT2D eigenvalue weighted by atomic mass is 15.3. The fourth-order valence-electron chi connectivity index (χ4n) is 3.04. The average molecular weight is 269 g/mol. The monoisotopic (exact) mass is 269 g/mol. The Morgan fingerprint density at radius 2 is 2.10 bits per heavy atom. The van der Waals surface area contributed by atoms with Gasteiger partial charge in [0.2, 0.25) is 0 Å². The van der Waals surface area contributed by atoms with Crippen LogP contribution in [0.5, 0.6) is 0 Å². The van der Waals surface area contributed by atoms with E-state index in [-0.39, 0.29) is 0 Å². The van der Waals surface area contributed by atoms with Crippen LogP contribution >= 0.6 is 0 Å². The molecule has 0 bridgehead atoms. The second kappa shape index (κ2) is 5.80. The minimum atomic E-state index is 0.390. The molecule has 1 aliphatic carbocycles. The Balaban J connectivity index is 1.74. The van der Waals surface area contributed by atoms with Crippen LogP contribution in [0.4, 0.5) is 0 Å². The molecule has 1 N–H and O–H groups in total. The zero-order valence-corrected chi connectivity index (χ0v) is 12.3. The van der Waals surface area contributed by atoms with Gasteiger partial charge in [0.1, 0.15) is 0 Å². The Kier molecular flexibility index (Phi) is 3.88. The van der Waals surface area contributed by atoms with Crippen LogP contribution in [0.3, 0.4) is 0 Å². The topological polar surface area (TPSA) is 29.9 Å². The first-order chi connectivity index (χ1) is 9.79. The third kappa shape index (κ3) is 2.78. The lowest BCUT2D eigenvalue weighted by atomic mass is 10.0. The van der Waals surface area contributed by atoms with Crippen LogP contribution < -0.4 is 5.32 Å². The molecule has 0 amide bonds. The van der Waals surface area contributed by atoms with Gasteiger partial charge in [0.15, 0.2) is 0 Å². The van der Waals surface area contributed by atoms with Gasteiger partial charge < -0.3 is 5.32 Å². The smallest absolute Gasteiger partial charge is 0.0796 e. The van der Waals surface area contributed by atoms with E-state index in [4.69, 9.17) is 0 Å². The van der Waals surface area contributed by atoms with Gasteiger partial charge in [-0.25, -0.2) is 0 Å². The maximum Gasteiger partial charge on any atom is 0.0796 e. The summed E-state index contributed by atoms with van der Waals surface area (Å²) in [6.45, 7) is 3.27. The predicted octanol–water partition coefficient (Wildman–Crippen LogP) is 3.26. The minimum absolute atomic E-state index is 0.390. The van der Waals surface area contributed by atoms with Gasteiger partial charge in [0.25, 0.3) is 0 Å². The Labute approximate surface area is 121 Å². The second-order valence-electron chi connectivity index (χ2n) is 5.76. The molecule has 1 heterocycles. The Hall–Kier alpha value is -1.61. The number of aromatic nitrogens is 2. The molecule has 0 radical (unpaired) electrons. The maximum absolute atomic E-state index is 4.61. The van der Waals surface area contributed by atoms with Crippen LogP contribution in [0.1, 0.15) is 43.0 Å². The van der Waals surface area contributed by atoms with Gasteiger partial charge in [-0.3, -0.25) is 4.68 Å². The van der Waals surface area contributed by atoms with E-state index in [0.29, 0.717) is 17.9 Å². The quantitative estimate of drug-likeness (QED) is 0.872. The van der Waals surface area contributed by atoms with Gasteiger partial charge in [-0.2, -0.15) is 5.10 Å². The zero-order chi connectivity index (χ0) is 13.9. The van der Waals surface area contributed by atoms with Crippen molar-refractivity contribution in [3.63, 3.8) is 0 Å². The van der Waals surface area contributed by atoms with E-state index in [1.165, 1.54) is 17.7 Å². The van der Waals surface area contributed by atoms with E-state index in [2.05, 4.69) is 53.7 Å². The van der Waals surface area contributed by atoms with Gasteiger partial charge in [-0.05, 0) is 42.9 Å². The van der Waals surface area contributed by atoms with E-state index < -0.39 is 0 Å². The maximum atomic E-state index is 4.61. The zero-order valence-electron chi connectivity index (χ0n) is 12.3. The SMILES string of the molecule is CCCNC(c1ccn(C)n1)C1CC1c1ccccc1. The standard InChI is InChI=1S/C17H23N3/c1-3-10-18-17(16-9-11-20(2)19-16)15-12-14(15)13-7-5-4-6-8-13/h4-9,11,14-15,17-18H,3,10,12H2,1-2H3. The summed E-state index contributed by atoms with van der Waals surface area (Å²) in [7, 11) is 1.99. The van der Waals surface area contributed by atoms with E-state index in [1.807, 2.05) is 17.9 Å². The summed E-state index contributed by atoms with van der Waals surface area (Å²) in [6.07, 6.45) is 4.46. The summed E-state index contributed by atoms with van der Waals surface area (Å²) >= 11 is 0. The first kappa shape index (κ1) is 13.4. The van der Waals surface area contributed by atoms with Gasteiger partial charge in [0, 0.05) is 13.2 Å². The van der Waals surface area contributed by atoms with E-state index >= 15 is 0 Å². The molecule has 3 atom stereocenters. The van der Waals surface area contributed by atoms with Crippen molar-refractivity contribution in [2.24, 2.45) is 13.0 Å². The van der Waals surface area contributed by atoms with Crippen LogP contribution in [0.2, 0.25) is 0 Å². The van der Waals surface area contributed by atoms with E-state index in [0.717, 1.165) is 13.0 Å². The second-order valence-corrected chi connectivity index (χ2v) is 5.76. The number of benzene rings is 1. The lowest BCUT2D eigenvalue weighted by Gasteiger charge is -2.16. The molecule has 3 nitrogen and oxygen atoms in total. The summed E-state index contributed by atoms with van der Waals surface area (Å²) in [5.74, 6) is 1.37. The molecule has 1 fully saturated rings.